The molecule has 1 fully saturated rings. The minimum atomic E-state index is -0.582. The van der Waals surface area contributed by atoms with Crippen LogP contribution in [-0.2, 0) is 20.9 Å². The molecule has 2 amide bonds. The highest BCUT2D eigenvalue weighted by atomic mass is 16.5. The zero-order valence-corrected chi connectivity index (χ0v) is 29.8. The van der Waals surface area contributed by atoms with Crippen molar-refractivity contribution in [2.45, 2.75) is 96.3 Å². The molecule has 1 aliphatic heterocycles. The first-order valence-corrected chi connectivity index (χ1v) is 17.9. The number of carbonyl (C=O) groups excluding carboxylic acids is 3. The van der Waals surface area contributed by atoms with E-state index in [1.165, 1.54) is 7.11 Å². The van der Waals surface area contributed by atoms with Crippen molar-refractivity contribution in [3.63, 3.8) is 0 Å². The van der Waals surface area contributed by atoms with Gasteiger partial charge in [0.25, 0.3) is 0 Å². The van der Waals surface area contributed by atoms with Gasteiger partial charge in [-0.15, -0.1) is 0 Å². The van der Waals surface area contributed by atoms with E-state index >= 15 is 0 Å². The van der Waals surface area contributed by atoms with E-state index in [4.69, 9.17) is 4.98 Å². The number of ether oxygens (including phenoxy) is 1. The maximum absolute atomic E-state index is 12.7. The Morgan fingerprint density at radius 3 is 2.20 bits per heavy atom. The van der Waals surface area contributed by atoms with Crippen LogP contribution in [0.3, 0.4) is 0 Å². The van der Waals surface area contributed by atoms with Crippen LogP contribution in [0.5, 0.6) is 0 Å². The molecule has 3 N–H and O–H groups in total. The Hall–Kier alpha value is -4.77. The van der Waals surface area contributed by atoms with E-state index in [0.717, 1.165) is 103 Å². The number of nitrogens with zero attached hydrogens (tertiary/aromatic N) is 4. The van der Waals surface area contributed by atoms with Gasteiger partial charge in [-0.2, -0.15) is 0 Å². The number of amides is 2. The van der Waals surface area contributed by atoms with Crippen LogP contribution >= 0.6 is 0 Å². The second-order valence-corrected chi connectivity index (χ2v) is 13.2. The summed E-state index contributed by atoms with van der Waals surface area (Å²) in [5.74, 6) is 1.96. The molecule has 3 atom stereocenters. The summed E-state index contributed by atoms with van der Waals surface area (Å²) < 4.78 is 4.61. The molecule has 2 aromatic heterocycles. The number of carbonyl (C=O) groups is 3. The highest BCUT2D eigenvalue weighted by molar-refractivity contribution is 5.76. The second-order valence-electron chi connectivity index (χ2n) is 13.2. The first kappa shape index (κ1) is 36.5. The number of hydrogen-bond donors (Lipinski definition) is 3. The number of aromatic amines is 2. The number of H-pyrrole nitrogens is 2. The van der Waals surface area contributed by atoms with Crippen LogP contribution < -0.4 is 5.32 Å². The van der Waals surface area contributed by atoms with Gasteiger partial charge in [0, 0.05) is 19.0 Å². The molecule has 266 valence electrons. The number of imidazole rings is 2. The van der Waals surface area contributed by atoms with E-state index < -0.39 is 12.1 Å². The standard InChI is InChI=1S/C39H51N7O4/c1-5-7-11-37(48)46(22-6-2)25-36-40-23-33(43-36)29-16-12-27(13-17-29)28-14-18-30(19-15-28)34-24-41-38(44-34)35-21-20-32(45(35)3)10-8-9-31(26-47)42-39(49)50-4/h12-19,23-24,26,31-32,35H,5-11,20-22,25H2,1-4H3,(H,40,43)(H,41,44)(H,42,49)/t31-,32?,35-/m0/s1. The smallest absolute Gasteiger partial charge is 0.407 e. The second kappa shape index (κ2) is 17.8. The van der Waals surface area contributed by atoms with E-state index in [1.54, 1.807) is 0 Å². The average Bonchev–Trinajstić information content (AvgIpc) is 3.91. The van der Waals surface area contributed by atoms with Gasteiger partial charge in [0.1, 0.15) is 17.9 Å². The zero-order valence-electron chi connectivity index (χ0n) is 29.8. The molecular weight excluding hydrogens is 630 g/mol. The van der Waals surface area contributed by atoms with Gasteiger partial charge in [0.2, 0.25) is 5.91 Å². The maximum atomic E-state index is 12.7. The number of aldehydes is 1. The Labute approximate surface area is 295 Å². The molecule has 0 bridgehead atoms. The number of unbranched alkanes of at least 4 members (excludes halogenated alkanes) is 1. The number of rotatable bonds is 17. The van der Waals surface area contributed by atoms with Crippen LogP contribution in [-0.4, -0.2) is 80.8 Å². The van der Waals surface area contributed by atoms with Crippen LogP contribution in [0.4, 0.5) is 4.79 Å². The first-order valence-electron chi connectivity index (χ1n) is 17.9. The summed E-state index contributed by atoms with van der Waals surface area (Å²) in [7, 11) is 3.43. The van der Waals surface area contributed by atoms with Gasteiger partial charge in [-0.25, -0.2) is 14.8 Å². The summed E-state index contributed by atoms with van der Waals surface area (Å²) in [4.78, 5) is 56.0. The Morgan fingerprint density at radius 2 is 1.58 bits per heavy atom. The molecule has 2 aromatic carbocycles. The molecule has 3 heterocycles. The molecule has 0 aliphatic carbocycles. The highest BCUT2D eigenvalue weighted by Gasteiger charge is 2.33. The van der Waals surface area contributed by atoms with Crippen molar-refractivity contribution < 1.29 is 19.1 Å². The molecule has 50 heavy (non-hydrogen) atoms. The van der Waals surface area contributed by atoms with E-state index in [0.29, 0.717) is 25.4 Å². The van der Waals surface area contributed by atoms with Crippen LogP contribution in [0.2, 0.25) is 0 Å². The number of nitrogens with one attached hydrogen (secondary N) is 3. The predicted octanol–water partition coefficient (Wildman–Crippen LogP) is 7.29. The van der Waals surface area contributed by atoms with Crippen molar-refractivity contribution in [2.24, 2.45) is 0 Å². The minimum Gasteiger partial charge on any atom is -0.453 e. The zero-order chi connectivity index (χ0) is 35.5. The SMILES string of the molecule is CCCCC(=O)N(CCC)Cc1ncc(-c2ccc(-c3ccc(-c4cnc([C@@H]5CCC(CCC[C@@H](C=O)NC(=O)OC)N5C)[nH]4)cc3)cc2)[nH]1. The van der Waals surface area contributed by atoms with Crippen molar-refractivity contribution in [3.05, 3.63) is 72.6 Å². The molecule has 0 saturated carbocycles. The Kier molecular flexibility index (Phi) is 13.0. The van der Waals surface area contributed by atoms with Crippen molar-refractivity contribution in [1.29, 1.82) is 0 Å². The normalized spacial score (nSPS) is 16.6. The lowest BCUT2D eigenvalue weighted by Crippen LogP contribution is -2.36. The monoisotopic (exact) mass is 681 g/mol. The lowest BCUT2D eigenvalue weighted by Gasteiger charge is -2.25. The Bertz CT molecular complexity index is 1680. The van der Waals surface area contributed by atoms with E-state index in [9.17, 15) is 14.4 Å². The molecule has 4 aromatic rings. The topological polar surface area (TPSA) is 136 Å². The highest BCUT2D eigenvalue weighted by Crippen LogP contribution is 2.36. The molecular formula is C39H51N7O4. The third kappa shape index (κ3) is 9.26. The third-order valence-electron chi connectivity index (χ3n) is 9.74. The van der Waals surface area contributed by atoms with E-state index in [1.807, 2.05) is 17.3 Å². The number of aromatic nitrogens is 4. The van der Waals surface area contributed by atoms with Gasteiger partial charge in [-0.3, -0.25) is 9.69 Å². The number of alkyl carbamates (subject to hydrolysis) is 1. The summed E-state index contributed by atoms with van der Waals surface area (Å²) in [5.41, 5.74) is 6.31. The fourth-order valence-corrected chi connectivity index (χ4v) is 6.80. The summed E-state index contributed by atoms with van der Waals surface area (Å²) in [5, 5.41) is 2.57. The fraction of sp³-hybridized carbons (Fsp3) is 0.462. The van der Waals surface area contributed by atoms with Gasteiger partial charge >= 0.3 is 6.09 Å². The number of hydrogen-bond acceptors (Lipinski definition) is 7. The van der Waals surface area contributed by atoms with Crippen molar-refractivity contribution >= 4 is 18.3 Å². The van der Waals surface area contributed by atoms with Crippen LogP contribution in [0.15, 0.2) is 60.9 Å². The molecule has 1 unspecified atom stereocenters. The van der Waals surface area contributed by atoms with Crippen LogP contribution in [0, 0.1) is 0 Å². The summed E-state index contributed by atoms with van der Waals surface area (Å²) in [6, 6.07) is 17.0. The van der Waals surface area contributed by atoms with Crippen LogP contribution in [0.1, 0.15) is 89.3 Å². The molecule has 0 spiro atoms. The molecule has 11 nitrogen and oxygen atoms in total. The Balaban J connectivity index is 1.15. The molecule has 1 saturated heterocycles. The molecule has 1 aliphatic rings. The Morgan fingerprint density at radius 1 is 0.940 bits per heavy atom. The van der Waals surface area contributed by atoms with Crippen molar-refractivity contribution in [1.82, 2.24) is 35.1 Å². The quantitative estimate of drug-likeness (QED) is 0.0996. The fourth-order valence-electron chi connectivity index (χ4n) is 6.80. The average molecular weight is 682 g/mol. The van der Waals surface area contributed by atoms with Crippen LogP contribution in [0.25, 0.3) is 33.6 Å². The summed E-state index contributed by atoms with van der Waals surface area (Å²) in [6.07, 6.45) is 11.8. The summed E-state index contributed by atoms with van der Waals surface area (Å²) >= 11 is 0. The van der Waals surface area contributed by atoms with Gasteiger partial charge < -0.3 is 29.7 Å². The van der Waals surface area contributed by atoms with E-state index in [-0.39, 0.29) is 11.9 Å². The molecule has 0 radical (unpaired) electrons. The largest absolute Gasteiger partial charge is 0.453 e. The van der Waals surface area contributed by atoms with Gasteiger partial charge in [-0.1, -0.05) is 68.8 Å². The maximum Gasteiger partial charge on any atom is 0.407 e. The van der Waals surface area contributed by atoms with E-state index in [2.05, 4.69) is 99.3 Å². The molecule has 11 heteroatoms. The minimum absolute atomic E-state index is 0.192. The lowest BCUT2D eigenvalue weighted by molar-refractivity contribution is -0.132. The first-order chi connectivity index (χ1) is 24.3. The number of likely N-dealkylation sites (tertiary alicyclic amines) is 1. The van der Waals surface area contributed by atoms with Gasteiger partial charge in [0.15, 0.2) is 0 Å². The summed E-state index contributed by atoms with van der Waals surface area (Å²) in [6.45, 7) is 5.43. The van der Waals surface area contributed by atoms with Gasteiger partial charge in [0.05, 0.1) is 49.5 Å². The lowest BCUT2D eigenvalue weighted by atomic mass is 10.0. The number of methoxy groups -OCH3 is 1. The van der Waals surface area contributed by atoms with Crippen molar-refractivity contribution in [2.75, 3.05) is 20.7 Å². The molecule has 5 rings (SSSR count). The number of benzene rings is 2. The van der Waals surface area contributed by atoms with Crippen molar-refractivity contribution in [3.8, 4) is 33.6 Å². The third-order valence-corrected chi connectivity index (χ3v) is 9.74. The predicted molar refractivity (Wildman–Crippen MR) is 195 cm³/mol. The van der Waals surface area contributed by atoms with Gasteiger partial charge in [-0.05, 0) is 74.2 Å².